The quantitative estimate of drug-likeness (QED) is 0.716. The minimum Gasteiger partial charge on any atom is -0.366 e. The molecule has 0 bridgehead atoms. The summed E-state index contributed by atoms with van der Waals surface area (Å²) in [6.45, 7) is 4.40. The van der Waals surface area contributed by atoms with Crippen LogP contribution < -0.4 is 11.1 Å². The van der Waals surface area contributed by atoms with Crippen LogP contribution in [0.1, 0.15) is 50.2 Å². The summed E-state index contributed by atoms with van der Waals surface area (Å²) < 4.78 is 0. The molecule has 2 amide bonds. The lowest BCUT2D eigenvalue weighted by Crippen LogP contribution is -2.26. The van der Waals surface area contributed by atoms with E-state index in [9.17, 15) is 14.4 Å². The highest BCUT2D eigenvalue weighted by Gasteiger charge is 2.10. The van der Waals surface area contributed by atoms with E-state index in [0.717, 1.165) is 16.7 Å². The molecule has 2 aromatic rings. The Bertz CT molecular complexity index is 828. The Morgan fingerprint density at radius 3 is 2.38 bits per heavy atom. The lowest BCUT2D eigenvalue weighted by atomic mass is 10.0. The van der Waals surface area contributed by atoms with E-state index in [0.29, 0.717) is 24.1 Å². The van der Waals surface area contributed by atoms with Gasteiger partial charge in [-0.3, -0.25) is 14.4 Å². The molecule has 5 nitrogen and oxygen atoms in total. The topological polar surface area (TPSA) is 89.3 Å². The minimum atomic E-state index is -0.472. The van der Waals surface area contributed by atoms with Crippen LogP contribution in [0.5, 0.6) is 0 Å². The molecule has 0 aliphatic carbocycles. The van der Waals surface area contributed by atoms with Gasteiger partial charge in [-0.25, -0.2) is 0 Å². The second-order valence-electron chi connectivity index (χ2n) is 6.39. The van der Waals surface area contributed by atoms with Crippen LogP contribution in [0.15, 0.2) is 42.5 Å². The van der Waals surface area contributed by atoms with E-state index in [1.54, 1.807) is 24.3 Å². The highest BCUT2D eigenvalue weighted by Crippen LogP contribution is 2.12. The average molecular weight is 352 g/mol. The van der Waals surface area contributed by atoms with Gasteiger partial charge in [0.25, 0.3) is 0 Å². The molecule has 0 saturated carbocycles. The van der Waals surface area contributed by atoms with Gasteiger partial charge in [0.15, 0.2) is 5.78 Å². The molecule has 0 atom stereocenters. The van der Waals surface area contributed by atoms with Crippen molar-refractivity contribution in [1.29, 1.82) is 0 Å². The van der Waals surface area contributed by atoms with Crippen molar-refractivity contribution in [3.63, 3.8) is 0 Å². The van der Waals surface area contributed by atoms with E-state index in [1.807, 2.05) is 32.0 Å². The van der Waals surface area contributed by atoms with Crippen molar-refractivity contribution in [2.75, 3.05) is 6.54 Å². The smallest absolute Gasteiger partial charge is 0.248 e. The van der Waals surface area contributed by atoms with Crippen molar-refractivity contribution in [2.45, 2.75) is 33.1 Å². The zero-order valence-electron chi connectivity index (χ0n) is 15.2. The fourth-order valence-electron chi connectivity index (χ4n) is 2.60. The van der Waals surface area contributed by atoms with Gasteiger partial charge >= 0.3 is 0 Å². The van der Waals surface area contributed by atoms with Crippen molar-refractivity contribution < 1.29 is 14.4 Å². The normalized spacial score (nSPS) is 10.4. The summed E-state index contributed by atoms with van der Waals surface area (Å²) in [6.07, 6.45) is 0.941. The van der Waals surface area contributed by atoms with Crippen LogP contribution in [-0.4, -0.2) is 24.1 Å². The molecule has 0 saturated heterocycles. The van der Waals surface area contributed by atoms with Gasteiger partial charge in [0, 0.05) is 30.5 Å². The molecular formula is C21H24N2O3. The lowest BCUT2D eigenvalue weighted by molar-refractivity contribution is -0.121. The standard InChI is InChI=1S/C21H24N2O3/c1-14-6-7-17(12-15(14)2)19(24)8-9-20(25)23-11-10-16-4-3-5-18(13-16)21(22)26/h3-7,12-13H,8-11H2,1-2H3,(H2,22,26)(H,23,25). The minimum absolute atomic E-state index is 0.0302. The number of amides is 2. The molecule has 0 radical (unpaired) electrons. The van der Waals surface area contributed by atoms with Crippen molar-refractivity contribution in [1.82, 2.24) is 5.32 Å². The molecule has 0 aliphatic heterocycles. The van der Waals surface area contributed by atoms with Crippen molar-refractivity contribution in [2.24, 2.45) is 5.73 Å². The highest BCUT2D eigenvalue weighted by molar-refractivity contribution is 5.98. The van der Waals surface area contributed by atoms with Gasteiger partial charge in [0.05, 0.1) is 0 Å². The van der Waals surface area contributed by atoms with E-state index in [2.05, 4.69) is 5.32 Å². The Kier molecular flexibility index (Phi) is 6.67. The Hall–Kier alpha value is -2.95. The number of nitrogens with two attached hydrogens (primary N) is 1. The Morgan fingerprint density at radius 2 is 1.69 bits per heavy atom. The highest BCUT2D eigenvalue weighted by atomic mass is 16.2. The summed E-state index contributed by atoms with van der Waals surface area (Å²) >= 11 is 0. The van der Waals surface area contributed by atoms with Gasteiger partial charge in [-0.15, -0.1) is 0 Å². The van der Waals surface area contributed by atoms with Crippen LogP contribution in [0.3, 0.4) is 0 Å². The van der Waals surface area contributed by atoms with Gasteiger partial charge < -0.3 is 11.1 Å². The van der Waals surface area contributed by atoms with Gasteiger partial charge in [-0.1, -0.05) is 24.3 Å². The first-order valence-corrected chi connectivity index (χ1v) is 8.62. The largest absolute Gasteiger partial charge is 0.366 e. The first-order valence-electron chi connectivity index (χ1n) is 8.62. The average Bonchev–Trinajstić information content (AvgIpc) is 2.62. The second-order valence-corrected chi connectivity index (χ2v) is 6.39. The molecule has 2 rings (SSSR count). The maximum absolute atomic E-state index is 12.2. The van der Waals surface area contributed by atoms with Crippen LogP contribution in [0.2, 0.25) is 0 Å². The number of nitrogens with one attached hydrogen (secondary N) is 1. The van der Waals surface area contributed by atoms with E-state index in [-0.39, 0.29) is 24.5 Å². The molecule has 2 aromatic carbocycles. The molecule has 5 heteroatoms. The third-order valence-corrected chi connectivity index (χ3v) is 4.36. The summed E-state index contributed by atoms with van der Waals surface area (Å²) in [5.41, 5.74) is 9.48. The monoisotopic (exact) mass is 352 g/mol. The van der Waals surface area contributed by atoms with E-state index < -0.39 is 5.91 Å². The van der Waals surface area contributed by atoms with Crippen molar-refractivity contribution >= 4 is 17.6 Å². The van der Waals surface area contributed by atoms with Crippen LogP contribution in [0, 0.1) is 13.8 Å². The summed E-state index contributed by atoms with van der Waals surface area (Å²) in [4.78, 5) is 35.3. The number of carbonyl (C=O) groups excluding carboxylic acids is 3. The van der Waals surface area contributed by atoms with Crippen LogP contribution >= 0.6 is 0 Å². The summed E-state index contributed by atoms with van der Waals surface area (Å²) in [5.74, 6) is -0.661. The van der Waals surface area contributed by atoms with E-state index in [1.165, 1.54) is 0 Å². The molecule has 0 unspecified atom stereocenters. The van der Waals surface area contributed by atoms with Crippen molar-refractivity contribution in [3.05, 3.63) is 70.3 Å². The van der Waals surface area contributed by atoms with Gasteiger partial charge in [0.2, 0.25) is 11.8 Å². The SMILES string of the molecule is Cc1ccc(C(=O)CCC(=O)NCCc2cccc(C(N)=O)c2)cc1C. The summed E-state index contributed by atoms with van der Waals surface area (Å²) in [7, 11) is 0. The maximum Gasteiger partial charge on any atom is 0.248 e. The third kappa shape index (κ3) is 5.55. The summed E-state index contributed by atoms with van der Waals surface area (Å²) in [6, 6.07) is 12.6. The van der Waals surface area contributed by atoms with Gasteiger partial charge in [-0.2, -0.15) is 0 Å². The fraction of sp³-hybridized carbons (Fsp3) is 0.286. The fourth-order valence-corrected chi connectivity index (χ4v) is 2.60. The first kappa shape index (κ1) is 19.4. The number of benzene rings is 2. The molecule has 0 heterocycles. The molecule has 0 spiro atoms. The summed E-state index contributed by atoms with van der Waals surface area (Å²) in [5, 5.41) is 2.80. The Balaban J connectivity index is 1.76. The molecule has 26 heavy (non-hydrogen) atoms. The number of hydrogen-bond donors (Lipinski definition) is 2. The van der Waals surface area contributed by atoms with Gasteiger partial charge in [-0.05, 0) is 55.2 Å². The number of rotatable bonds is 8. The van der Waals surface area contributed by atoms with Crippen LogP contribution in [0.4, 0.5) is 0 Å². The number of Topliss-reactive ketones (excluding diaryl/α,β-unsaturated/α-hetero) is 1. The van der Waals surface area contributed by atoms with Crippen LogP contribution in [-0.2, 0) is 11.2 Å². The molecule has 136 valence electrons. The Morgan fingerprint density at radius 1 is 0.923 bits per heavy atom. The molecule has 3 N–H and O–H groups in total. The lowest BCUT2D eigenvalue weighted by Gasteiger charge is -2.07. The first-order chi connectivity index (χ1) is 12.4. The zero-order valence-corrected chi connectivity index (χ0v) is 15.2. The second kappa shape index (κ2) is 8.94. The molecule has 0 fully saturated rings. The predicted octanol–water partition coefficient (Wildman–Crippen LogP) is 2.72. The van der Waals surface area contributed by atoms with E-state index in [4.69, 9.17) is 5.73 Å². The van der Waals surface area contributed by atoms with Gasteiger partial charge in [0.1, 0.15) is 0 Å². The molecular weight excluding hydrogens is 328 g/mol. The number of primary amides is 1. The third-order valence-electron chi connectivity index (χ3n) is 4.36. The number of ketones is 1. The van der Waals surface area contributed by atoms with E-state index >= 15 is 0 Å². The number of carbonyl (C=O) groups is 3. The number of aryl methyl sites for hydroxylation is 2. The molecule has 0 aromatic heterocycles. The molecule has 0 aliphatic rings. The Labute approximate surface area is 153 Å². The maximum atomic E-state index is 12.2. The predicted molar refractivity (Wildman–Crippen MR) is 101 cm³/mol. The van der Waals surface area contributed by atoms with Crippen molar-refractivity contribution in [3.8, 4) is 0 Å². The number of hydrogen-bond acceptors (Lipinski definition) is 3. The van der Waals surface area contributed by atoms with Crippen LogP contribution in [0.25, 0.3) is 0 Å². The zero-order chi connectivity index (χ0) is 19.1.